The Bertz CT molecular complexity index is 355. The minimum absolute atomic E-state index is 0.0601. The second-order valence-electron chi connectivity index (χ2n) is 3.32. The third kappa shape index (κ3) is 1.42. The molecule has 2 heteroatoms. The molecule has 1 aliphatic rings. The van der Waals surface area contributed by atoms with Crippen molar-refractivity contribution in [1.82, 2.24) is 0 Å². The Kier molecular flexibility index (Phi) is 2.55. The molecule has 0 spiro atoms. The van der Waals surface area contributed by atoms with Gasteiger partial charge in [-0.05, 0) is 18.1 Å². The molecule has 0 radical (unpaired) electrons. The van der Waals surface area contributed by atoms with Gasteiger partial charge < -0.3 is 9.47 Å². The van der Waals surface area contributed by atoms with Gasteiger partial charge in [0.25, 0.3) is 0 Å². The molecule has 0 fully saturated rings. The smallest absolute Gasteiger partial charge is 0.132 e. The molecule has 0 saturated heterocycles. The maximum absolute atomic E-state index is 5.52. The predicted molar refractivity (Wildman–Crippen MR) is 55.2 cm³/mol. The molecule has 0 N–H and O–H groups in total. The Morgan fingerprint density at radius 2 is 2.14 bits per heavy atom. The second-order valence-corrected chi connectivity index (χ2v) is 3.32. The van der Waals surface area contributed by atoms with E-state index in [9.17, 15) is 0 Å². The number of hydrogen-bond acceptors (Lipinski definition) is 2. The number of hydrogen-bond donors (Lipinski definition) is 0. The molecule has 0 aliphatic carbocycles. The van der Waals surface area contributed by atoms with Crippen LogP contribution in [0.2, 0.25) is 0 Å². The summed E-state index contributed by atoms with van der Waals surface area (Å²) in [6.07, 6.45) is 2.81. The fourth-order valence-corrected chi connectivity index (χ4v) is 1.75. The van der Waals surface area contributed by atoms with E-state index in [1.54, 1.807) is 13.4 Å². The summed E-state index contributed by atoms with van der Waals surface area (Å²) >= 11 is 0. The standard InChI is InChI=1S/C12H14O2/c1-3-9-8-14-11-7-5-4-6-10(11)12(9)13-2/h4-8,12H,3H2,1-2H3. The van der Waals surface area contributed by atoms with Gasteiger partial charge in [-0.25, -0.2) is 0 Å². The fourth-order valence-electron chi connectivity index (χ4n) is 1.75. The lowest BCUT2D eigenvalue weighted by Crippen LogP contribution is -2.11. The molecule has 1 aliphatic heterocycles. The van der Waals surface area contributed by atoms with Crippen molar-refractivity contribution in [2.45, 2.75) is 19.4 Å². The average Bonchev–Trinajstić information content (AvgIpc) is 2.27. The molecule has 1 atom stereocenters. The Balaban J connectivity index is 2.41. The number of fused-ring (bicyclic) bond motifs is 1. The van der Waals surface area contributed by atoms with E-state index in [0.29, 0.717) is 0 Å². The molecular weight excluding hydrogens is 176 g/mol. The number of ether oxygens (including phenoxy) is 2. The van der Waals surface area contributed by atoms with Crippen LogP contribution in [0.1, 0.15) is 25.0 Å². The lowest BCUT2D eigenvalue weighted by molar-refractivity contribution is 0.120. The van der Waals surface area contributed by atoms with E-state index in [0.717, 1.165) is 17.7 Å². The van der Waals surface area contributed by atoms with Gasteiger partial charge in [0.1, 0.15) is 11.9 Å². The summed E-state index contributed by atoms with van der Waals surface area (Å²) in [7, 11) is 1.73. The molecule has 2 rings (SSSR count). The van der Waals surface area contributed by atoms with Gasteiger partial charge in [-0.3, -0.25) is 0 Å². The molecule has 2 nitrogen and oxygen atoms in total. The number of methoxy groups -OCH3 is 1. The van der Waals surface area contributed by atoms with Gasteiger partial charge in [-0.15, -0.1) is 0 Å². The third-order valence-corrected chi connectivity index (χ3v) is 2.52. The van der Waals surface area contributed by atoms with E-state index < -0.39 is 0 Å². The largest absolute Gasteiger partial charge is 0.465 e. The summed E-state index contributed by atoms with van der Waals surface area (Å²) < 4.78 is 11.0. The van der Waals surface area contributed by atoms with Gasteiger partial charge in [0.2, 0.25) is 0 Å². The predicted octanol–water partition coefficient (Wildman–Crippen LogP) is 3.06. The van der Waals surface area contributed by atoms with Gasteiger partial charge in [0, 0.05) is 12.7 Å². The van der Waals surface area contributed by atoms with Crippen LogP contribution < -0.4 is 4.74 Å². The first-order valence-electron chi connectivity index (χ1n) is 4.84. The first-order valence-corrected chi connectivity index (χ1v) is 4.84. The van der Waals surface area contributed by atoms with Crippen molar-refractivity contribution >= 4 is 0 Å². The highest BCUT2D eigenvalue weighted by atomic mass is 16.5. The normalized spacial score (nSPS) is 19.6. The zero-order valence-corrected chi connectivity index (χ0v) is 8.49. The van der Waals surface area contributed by atoms with Gasteiger partial charge >= 0.3 is 0 Å². The first-order chi connectivity index (χ1) is 6.86. The van der Waals surface area contributed by atoms with Crippen LogP contribution in [-0.2, 0) is 4.74 Å². The topological polar surface area (TPSA) is 18.5 Å². The van der Waals surface area contributed by atoms with Crippen LogP contribution in [-0.4, -0.2) is 7.11 Å². The molecular formula is C12H14O2. The van der Waals surface area contributed by atoms with Crippen LogP contribution >= 0.6 is 0 Å². The molecule has 0 bridgehead atoms. The summed E-state index contributed by atoms with van der Waals surface area (Å²) in [4.78, 5) is 0. The van der Waals surface area contributed by atoms with E-state index in [2.05, 4.69) is 6.92 Å². The summed E-state index contributed by atoms with van der Waals surface area (Å²) in [5, 5.41) is 0. The number of benzene rings is 1. The van der Waals surface area contributed by atoms with E-state index in [1.165, 1.54) is 5.57 Å². The minimum atomic E-state index is 0.0601. The van der Waals surface area contributed by atoms with Gasteiger partial charge in [0.05, 0.1) is 6.26 Å². The highest BCUT2D eigenvalue weighted by Gasteiger charge is 2.22. The number of para-hydroxylation sites is 1. The molecule has 1 aromatic rings. The highest BCUT2D eigenvalue weighted by molar-refractivity contribution is 5.42. The van der Waals surface area contributed by atoms with E-state index >= 15 is 0 Å². The highest BCUT2D eigenvalue weighted by Crippen LogP contribution is 2.37. The monoisotopic (exact) mass is 190 g/mol. The second kappa shape index (κ2) is 3.84. The lowest BCUT2D eigenvalue weighted by atomic mass is 9.98. The molecule has 14 heavy (non-hydrogen) atoms. The van der Waals surface area contributed by atoms with Crippen molar-refractivity contribution in [2.75, 3.05) is 7.11 Å². The Hall–Kier alpha value is -1.28. The maximum Gasteiger partial charge on any atom is 0.132 e. The summed E-state index contributed by atoms with van der Waals surface area (Å²) in [6.45, 7) is 2.11. The van der Waals surface area contributed by atoms with Crippen molar-refractivity contribution in [3.63, 3.8) is 0 Å². The fraction of sp³-hybridized carbons (Fsp3) is 0.333. The third-order valence-electron chi connectivity index (χ3n) is 2.52. The van der Waals surface area contributed by atoms with Crippen LogP contribution in [0.25, 0.3) is 0 Å². The van der Waals surface area contributed by atoms with Crippen LogP contribution in [0.3, 0.4) is 0 Å². The van der Waals surface area contributed by atoms with Gasteiger partial charge in [0.15, 0.2) is 0 Å². The Morgan fingerprint density at radius 3 is 2.86 bits per heavy atom. The van der Waals surface area contributed by atoms with E-state index in [4.69, 9.17) is 9.47 Å². The molecule has 74 valence electrons. The Morgan fingerprint density at radius 1 is 1.36 bits per heavy atom. The molecule has 1 aromatic carbocycles. The van der Waals surface area contributed by atoms with Crippen molar-refractivity contribution in [2.24, 2.45) is 0 Å². The lowest BCUT2D eigenvalue weighted by Gasteiger charge is -2.24. The number of rotatable bonds is 2. The maximum atomic E-state index is 5.52. The summed E-state index contributed by atoms with van der Waals surface area (Å²) in [5.41, 5.74) is 2.31. The van der Waals surface area contributed by atoms with Crippen molar-refractivity contribution < 1.29 is 9.47 Å². The van der Waals surface area contributed by atoms with E-state index in [1.807, 2.05) is 24.3 Å². The van der Waals surface area contributed by atoms with Gasteiger partial charge in [-0.1, -0.05) is 25.1 Å². The van der Waals surface area contributed by atoms with Crippen molar-refractivity contribution in [3.05, 3.63) is 41.7 Å². The van der Waals surface area contributed by atoms with Crippen LogP contribution in [0.4, 0.5) is 0 Å². The van der Waals surface area contributed by atoms with E-state index in [-0.39, 0.29) is 6.10 Å². The quantitative estimate of drug-likeness (QED) is 0.713. The van der Waals surface area contributed by atoms with Crippen LogP contribution in [0.15, 0.2) is 36.1 Å². The SMILES string of the molecule is CCC1=COc2ccccc2C1OC. The zero-order chi connectivity index (χ0) is 9.97. The molecule has 0 amide bonds. The van der Waals surface area contributed by atoms with Crippen LogP contribution in [0.5, 0.6) is 5.75 Å². The van der Waals surface area contributed by atoms with Gasteiger partial charge in [-0.2, -0.15) is 0 Å². The van der Waals surface area contributed by atoms with Crippen molar-refractivity contribution in [1.29, 1.82) is 0 Å². The van der Waals surface area contributed by atoms with Crippen LogP contribution in [0, 0.1) is 0 Å². The summed E-state index contributed by atoms with van der Waals surface area (Å²) in [6, 6.07) is 7.99. The first kappa shape index (κ1) is 9.28. The summed E-state index contributed by atoms with van der Waals surface area (Å²) in [5.74, 6) is 0.900. The molecule has 0 aromatic heterocycles. The molecule has 1 unspecified atom stereocenters. The average molecular weight is 190 g/mol. The minimum Gasteiger partial charge on any atom is -0.465 e. The molecule has 1 heterocycles. The van der Waals surface area contributed by atoms with Crippen molar-refractivity contribution in [3.8, 4) is 5.75 Å². The molecule has 0 saturated carbocycles. The Labute approximate surface area is 84.2 Å². The zero-order valence-electron chi connectivity index (χ0n) is 8.49.